The lowest BCUT2D eigenvalue weighted by atomic mass is 9.77. The predicted molar refractivity (Wildman–Crippen MR) is 125 cm³/mol. The van der Waals surface area contributed by atoms with Gasteiger partial charge in [-0.2, -0.15) is 5.26 Å². The molecular formula is C24H19BrN4OS. The smallest absolute Gasteiger partial charge is 0.161 e. The summed E-state index contributed by atoms with van der Waals surface area (Å²) in [5.74, 6) is 1.22. The average Bonchev–Trinajstić information content (AvgIpc) is 3.45. The van der Waals surface area contributed by atoms with E-state index in [-0.39, 0.29) is 11.7 Å². The van der Waals surface area contributed by atoms with Crippen LogP contribution >= 0.6 is 27.3 Å². The van der Waals surface area contributed by atoms with Crippen LogP contribution < -0.4 is 4.90 Å². The van der Waals surface area contributed by atoms with Crippen LogP contribution in [0.2, 0.25) is 0 Å². The number of hydrogen-bond donors (Lipinski definition) is 0. The summed E-state index contributed by atoms with van der Waals surface area (Å²) >= 11 is 5.07. The maximum absolute atomic E-state index is 13.3. The Morgan fingerprint density at radius 1 is 1.23 bits per heavy atom. The molecule has 0 spiro atoms. The van der Waals surface area contributed by atoms with Gasteiger partial charge in [0.2, 0.25) is 0 Å². The molecule has 0 bridgehead atoms. The van der Waals surface area contributed by atoms with E-state index in [1.54, 1.807) is 17.5 Å². The molecule has 0 fully saturated rings. The van der Waals surface area contributed by atoms with E-state index >= 15 is 0 Å². The number of allylic oxidation sites excluding steroid dienone is 3. The van der Waals surface area contributed by atoms with Crippen molar-refractivity contribution >= 4 is 44.7 Å². The molecule has 1 aliphatic heterocycles. The lowest BCUT2D eigenvalue weighted by Crippen LogP contribution is -2.37. The molecule has 5 nitrogen and oxygen atoms in total. The standard InChI is InChI=1S/C24H19BrN4OS/c1-15-9-12-31-23(15)21-17(13-26)24(28-10-2-3-11-28)29(20-8-7-16(25)14-27-20)18-5-4-6-19(30)22(18)21/h2-3,7-12,14,21H,4-6H2,1H3. The highest BCUT2D eigenvalue weighted by Gasteiger charge is 2.42. The molecule has 0 saturated carbocycles. The Balaban J connectivity index is 1.85. The number of carbonyl (C=O) groups is 1. The first kappa shape index (κ1) is 20.0. The van der Waals surface area contributed by atoms with Crippen molar-refractivity contribution in [1.82, 2.24) is 9.55 Å². The summed E-state index contributed by atoms with van der Waals surface area (Å²) in [6, 6.07) is 12.3. The third-order valence-electron chi connectivity index (χ3n) is 5.80. The van der Waals surface area contributed by atoms with Crippen LogP contribution in [-0.4, -0.2) is 15.3 Å². The van der Waals surface area contributed by atoms with E-state index < -0.39 is 0 Å². The highest BCUT2D eigenvalue weighted by molar-refractivity contribution is 9.10. The van der Waals surface area contributed by atoms with Gasteiger partial charge < -0.3 is 4.57 Å². The minimum absolute atomic E-state index is 0.125. The monoisotopic (exact) mass is 490 g/mol. The molecule has 4 heterocycles. The van der Waals surface area contributed by atoms with E-state index in [2.05, 4.69) is 33.0 Å². The van der Waals surface area contributed by atoms with Gasteiger partial charge in [0.15, 0.2) is 5.78 Å². The van der Waals surface area contributed by atoms with Crippen molar-refractivity contribution in [3.8, 4) is 6.07 Å². The number of Topliss-reactive ketones (excluding diaryl/α,β-unsaturated/α-hetero) is 1. The van der Waals surface area contributed by atoms with Crippen molar-refractivity contribution in [2.45, 2.75) is 32.1 Å². The summed E-state index contributed by atoms with van der Waals surface area (Å²) in [7, 11) is 0. The number of halogens is 1. The molecule has 0 radical (unpaired) electrons. The second-order valence-electron chi connectivity index (χ2n) is 7.65. The maximum atomic E-state index is 13.3. The summed E-state index contributed by atoms with van der Waals surface area (Å²) < 4.78 is 2.84. The summed E-state index contributed by atoms with van der Waals surface area (Å²) in [5, 5.41) is 12.4. The Morgan fingerprint density at radius 3 is 2.68 bits per heavy atom. The maximum Gasteiger partial charge on any atom is 0.161 e. The van der Waals surface area contributed by atoms with Crippen molar-refractivity contribution in [2.75, 3.05) is 4.90 Å². The molecule has 2 aliphatic rings. The molecule has 0 amide bonds. The summed E-state index contributed by atoms with van der Waals surface area (Å²) in [5.41, 5.74) is 3.37. The van der Waals surface area contributed by atoms with Crippen LogP contribution in [0.15, 0.2) is 75.6 Å². The van der Waals surface area contributed by atoms with Crippen molar-refractivity contribution < 1.29 is 4.79 Å². The van der Waals surface area contributed by atoms with Crippen molar-refractivity contribution in [3.05, 3.63) is 86.1 Å². The number of anilines is 1. The molecule has 31 heavy (non-hydrogen) atoms. The predicted octanol–water partition coefficient (Wildman–Crippen LogP) is 6.02. The molecule has 5 rings (SSSR count). The Morgan fingerprint density at radius 2 is 2.03 bits per heavy atom. The Kier molecular flexibility index (Phi) is 5.12. The van der Waals surface area contributed by atoms with Gasteiger partial charge in [0.25, 0.3) is 0 Å². The largest absolute Gasteiger partial charge is 0.309 e. The molecule has 7 heteroatoms. The van der Waals surface area contributed by atoms with E-state index in [4.69, 9.17) is 0 Å². The molecule has 0 aromatic carbocycles. The van der Waals surface area contributed by atoms with Gasteiger partial charge >= 0.3 is 0 Å². The van der Waals surface area contributed by atoms with Crippen LogP contribution in [-0.2, 0) is 4.79 Å². The van der Waals surface area contributed by atoms with E-state index in [9.17, 15) is 10.1 Å². The first-order valence-electron chi connectivity index (χ1n) is 10.1. The van der Waals surface area contributed by atoms with E-state index in [1.807, 2.05) is 58.4 Å². The van der Waals surface area contributed by atoms with Crippen LogP contribution in [0.4, 0.5) is 5.82 Å². The molecule has 0 saturated heterocycles. The number of nitriles is 1. The normalized spacial score (nSPS) is 18.9. The average molecular weight is 491 g/mol. The number of thiophene rings is 1. The quantitative estimate of drug-likeness (QED) is 0.450. The first-order chi connectivity index (χ1) is 15.1. The fraction of sp³-hybridized carbons (Fsp3) is 0.208. The molecule has 0 N–H and O–H groups in total. The molecule has 1 atom stereocenters. The van der Waals surface area contributed by atoms with Crippen LogP contribution in [0.3, 0.4) is 0 Å². The third-order valence-corrected chi connectivity index (χ3v) is 7.36. The Hall–Kier alpha value is -2.95. The first-order valence-corrected chi connectivity index (χ1v) is 11.8. The van der Waals surface area contributed by atoms with Crippen molar-refractivity contribution in [1.29, 1.82) is 5.26 Å². The minimum atomic E-state index is -0.350. The lowest BCUT2D eigenvalue weighted by Gasteiger charge is -2.40. The number of aryl methyl sites for hydroxylation is 1. The molecule has 1 unspecified atom stereocenters. The van der Waals surface area contributed by atoms with Gasteiger partial charge in [-0.15, -0.1) is 11.3 Å². The van der Waals surface area contributed by atoms with E-state index in [1.165, 1.54) is 0 Å². The van der Waals surface area contributed by atoms with Crippen LogP contribution in [0, 0.1) is 18.3 Å². The van der Waals surface area contributed by atoms with Gasteiger partial charge in [-0.05, 0) is 77.0 Å². The fourth-order valence-electron chi connectivity index (χ4n) is 4.46. The van der Waals surface area contributed by atoms with Crippen molar-refractivity contribution in [2.24, 2.45) is 0 Å². The lowest BCUT2D eigenvalue weighted by molar-refractivity contribution is -0.116. The second kappa shape index (κ2) is 7.95. The number of ketones is 1. The van der Waals surface area contributed by atoms with Gasteiger partial charge in [0.1, 0.15) is 11.6 Å². The molecule has 3 aromatic rings. The van der Waals surface area contributed by atoms with Crippen LogP contribution in [0.1, 0.15) is 35.6 Å². The highest BCUT2D eigenvalue weighted by atomic mass is 79.9. The number of hydrogen-bond acceptors (Lipinski definition) is 5. The molecule has 3 aromatic heterocycles. The fourth-order valence-corrected chi connectivity index (χ4v) is 5.74. The van der Waals surface area contributed by atoms with Gasteiger partial charge in [-0.1, -0.05) is 0 Å². The zero-order valence-electron chi connectivity index (χ0n) is 16.9. The Labute approximate surface area is 193 Å². The topological polar surface area (TPSA) is 61.9 Å². The van der Waals surface area contributed by atoms with E-state index in [0.29, 0.717) is 17.8 Å². The second-order valence-corrected chi connectivity index (χ2v) is 9.51. The van der Waals surface area contributed by atoms with Gasteiger partial charge in [-0.25, -0.2) is 4.98 Å². The van der Waals surface area contributed by atoms with Gasteiger partial charge in [-0.3, -0.25) is 9.69 Å². The summed E-state index contributed by atoms with van der Waals surface area (Å²) in [6.45, 7) is 2.05. The molecule has 154 valence electrons. The summed E-state index contributed by atoms with van der Waals surface area (Å²) in [4.78, 5) is 21.0. The number of carbonyl (C=O) groups excluding carboxylic acids is 1. The highest BCUT2D eigenvalue weighted by Crippen LogP contribution is 2.49. The van der Waals surface area contributed by atoms with Gasteiger partial charge in [0, 0.05) is 45.6 Å². The molecule has 1 aliphatic carbocycles. The zero-order valence-corrected chi connectivity index (χ0v) is 19.3. The number of nitrogens with zero attached hydrogens (tertiary/aromatic N) is 4. The molecular weight excluding hydrogens is 472 g/mol. The number of rotatable bonds is 3. The van der Waals surface area contributed by atoms with Crippen LogP contribution in [0.25, 0.3) is 5.82 Å². The SMILES string of the molecule is Cc1ccsc1C1C(C#N)=C(n2cccc2)N(c2ccc(Br)cn2)C2=C1C(=O)CCC2. The minimum Gasteiger partial charge on any atom is -0.309 e. The number of pyridine rings is 1. The third kappa shape index (κ3) is 3.27. The van der Waals surface area contributed by atoms with E-state index in [0.717, 1.165) is 44.8 Å². The van der Waals surface area contributed by atoms with Crippen LogP contribution in [0.5, 0.6) is 0 Å². The summed E-state index contributed by atoms with van der Waals surface area (Å²) in [6.07, 6.45) is 7.69. The number of aromatic nitrogens is 2. The van der Waals surface area contributed by atoms with Crippen molar-refractivity contribution in [3.63, 3.8) is 0 Å². The Bertz CT molecular complexity index is 1260. The van der Waals surface area contributed by atoms with Gasteiger partial charge in [0.05, 0.1) is 17.6 Å². The zero-order chi connectivity index (χ0) is 21.5.